The first-order valence-electron chi connectivity index (χ1n) is 8.04. The lowest BCUT2D eigenvalue weighted by Crippen LogP contribution is -2.48. The second kappa shape index (κ2) is 7.13. The molecule has 2 rings (SSSR count). The van der Waals surface area contributed by atoms with Gasteiger partial charge in [0.25, 0.3) is 0 Å². The van der Waals surface area contributed by atoms with E-state index in [9.17, 15) is 5.11 Å². The smallest absolute Gasteiger partial charge is 0.0943 e. The van der Waals surface area contributed by atoms with Gasteiger partial charge in [0.1, 0.15) is 0 Å². The van der Waals surface area contributed by atoms with Gasteiger partial charge in [0.15, 0.2) is 0 Å². The van der Waals surface area contributed by atoms with Gasteiger partial charge in [0.2, 0.25) is 0 Å². The number of rotatable bonds is 5. The Labute approximate surface area is 133 Å². The van der Waals surface area contributed by atoms with Crippen molar-refractivity contribution >= 4 is 11.6 Å². The summed E-state index contributed by atoms with van der Waals surface area (Å²) in [5.41, 5.74) is 1.76. The van der Waals surface area contributed by atoms with Gasteiger partial charge < -0.3 is 9.84 Å². The van der Waals surface area contributed by atoms with E-state index in [-0.39, 0.29) is 0 Å². The third kappa shape index (κ3) is 4.00. The predicted molar refractivity (Wildman–Crippen MR) is 87.9 cm³/mol. The first-order chi connectivity index (χ1) is 9.97. The Morgan fingerprint density at radius 1 is 1.38 bits per heavy atom. The fourth-order valence-electron chi connectivity index (χ4n) is 3.32. The minimum Gasteiger partial charge on any atom is -0.390 e. The largest absolute Gasteiger partial charge is 0.390 e. The molecule has 0 amide bonds. The van der Waals surface area contributed by atoms with Crippen molar-refractivity contribution in [1.29, 1.82) is 0 Å². The van der Waals surface area contributed by atoms with Crippen molar-refractivity contribution in [2.45, 2.75) is 64.6 Å². The molecule has 0 radical (unpaired) electrons. The maximum atomic E-state index is 10.8. The van der Waals surface area contributed by atoms with Crippen LogP contribution in [0, 0.1) is 12.8 Å². The van der Waals surface area contributed by atoms with Crippen molar-refractivity contribution in [2.75, 3.05) is 6.61 Å². The van der Waals surface area contributed by atoms with Crippen LogP contribution >= 0.6 is 11.6 Å². The zero-order valence-corrected chi connectivity index (χ0v) is 14.1. The van der Waals surface area contributed by atoms with E-state index in [4.69, 9.17) is 16.3 Å². The molecule has 1 unspecified atom stereocenters. The molecule has 1 atom stereocenters. The van der Waals surface area contributed by atoms with Crippen molar-refractivity contribution in [1.82, 2.24) is 0 Å². The van der Waals surface area contributed by atoms with Crippen molar-refractivity contribution in [3.63, 3.8) is 0 Å². The quantitative estimate of drug-likeness (QED) is 0.865. The Balaban J connectivity index is 2.13. The summed E-state index contributed by atoms with van der Waals surface area (Å²) in [6, 6.07) is 6.02. The molecule has 0 saturated heterocycles. The number of hydrogen-bond acceptors (Lipinski definition) is 2. The van der Waals surface area contributed by atoms with Gasteiger partial charge in [-0.25, -0.2) is 0 Å². The molecule has 0 aromatic heterocycles. The van der Waals surface area contributed by atoms with Gasteiger partial charge in [-0.1, -0.05) is 30.7 Å². The first kappa shape index (κ1) is 16.8. The highest BCUT2D eigenvalue weighted by Gasteiger charge is 2.41. The molecule has 21 heavy (non-hydrogen) atoms. The summed E-state index contributed by atoms with van der Waals surface area (Å²) in [7, 11) is 0. The zero-order valence-electron chi connectivity index (χ0n) is 13.4. The van der Waals surface area contributed by atoms with E-state index in [1.807, 2.05) is 32.0 Å². The Kier molecular flexibility index (Phi) is 5.70. The van der Waals surface area contributed by atoms with Crippen LogP contribution in [0.5, 0.6) is 0 Å². The van der Waals surface area contributed by atoms with E-state index in [1.165, 1.54) is 0 Å². The van der Waals surface area contributed by atoms with Crippen LogP contribution in [-0.2, 0) is 11.2 Å². The van der Waals surface area contributed by atoms with Crippen LogP contribution in [0.25, 0.3) is 0 Å². The lowest BCUT2D eigenvalue weighted by Gasteiger charge is -2.42. The molecule has 0 aliphatic heterocycles. The normalized spacial score (nSPS) is 27.6. The van der Waals surface area contributed by atoms with Crippen molar-refractivity contribution < 1.29 is 9.84 Å². The van der Waals surface area contributed by atoms with Crippen LogP contribution in [0.2, 0.25) is 5.02 Å². The Morgan fingerprint density at radius 3 is 2.62 bits per heavy atom. The van der Waals surface area contributed by atoms with Gasteiger partial charge in [0, 0.05) is 18.1 Å². The molecule has 0 bridgehead atoms. The van der Waals surface area contributed by atoms with Crippen LogP contribution in [0.3, 0.4) is 0 Å². The summed E-state index contributed by atoms with van der Waals surface area (Å²) in [5, 5.41) is 11.5. The monoisotopic (exact) mass is 310 g/mol. The maximum Gasteiger partial charge on any atom is 0.0943 e. The van der Waals surface area contributed by atoms with E-state index >= 15 is 0 Å². The van der Waals surface area contributed by atoms with Crippen LogP contribution in [0.4, 0.5) is 0 Å². The summed E-state index contributed by atoms with van der Waals surface area (Å²) in [6.07, 6.45) is 4.19. The highest BCUT2D eigenvalue weighted by molar-refractivity contribution is 6.31. The molecule has 1 aromatic carbocycles. The van der Waals surface area contributed by atoms with Crippen molar-refractivity contribution in [3.8, 4) is 0 Å². The molecule has 1 saturated carbocycles. The number of hydrogen-bond donors (Lipinski definition) is 1. The standard InChI is InChI=1S/C18H27ClO2/c1-4-21-18(9-7-13(2)8-10-18)17(20)12-15-6-5-14(3)11-16(15)19/h5-6,11,13,17,20H,4,7-10,12H2,1-3H3. The van der Waals surface area contributed by atoms with Crippen molar-refractivity contribution in [3.05, 3.63) is 34.3 Å². The SMILES string of the molecule is CCOC1(C(O)Cc2ccc(C)cc2Cl)CCC(C)CC1. The highest BCUT2D eigenvalue weighted by atomic mass is 35.5. The van der Waals surface area contributed by atoms with Crippen LogP contribution < -0.4 is 0 Å². The fraction of sp³-hybridized carbons (Fsp3) is 0.667. The van der Waals surface area contributed by atoms with E-state index < -0.39 is 11.7 Å². The number of aliphatic hydroxyl groups excluding tert-OH is 1. The number of ether oxygens (including phenoxy) is 1. The average molecular weight is 311 g/mol. The summed E-state index contributed by atoms with van der Waals surface area (Å²) in [4.78, 5) is 0. The Morgan fingerprint density at radius 2 is 2.05 bits per heavy atom. The topological polar surface area (TPSA) is 29.5 Å². The molecule has 1 aromatic rings. The molecule has 0 heterocycles. The van der Waals surface area contributed by atoms with Crippen LogP contribution in [0.15, 0.2) is 18.2 Å². The molecular formula is C18H27ClO2. The molecule has 2 nitrogen and oxygen atoms in total. The molecule has 1 aliphatic rings. The molecule has 1 N–H and O–H groups in total. The lowest BCUT2D eigenvalue weighted by atomic mass is 9.75. The zero-order chi connectivity index (χ0) is 15.5. The Hall–Kier alpha value is -0.570. The first-order valence-corrected chi connectivity index (χ1v) is 8.41. The number of aryl methyl sites for hydroxylation is 1. The number of benzene rings is 1. The second-order valence-corrected chi connectivity index (χ2v) is 6.90. The van der Waals surface area contributed by atoms with Gasteiger partial charge >= 0.3 is 0 Å². The molecule has 0 spiro atoms. The van der Waals surface area contributed by atoms with Gasteiger partial charge in [0.05, 0.1) is 11.7 Å². The van der Waals surface area contributed by atoms with E-state index in [0.29, 0.717) is 13.0 Å². The molecule has 3 heteroatoms. The molecule has 118 valence electrons. The van der Waals surface area contributed by atoms with Crippen LogP contribution in [-0.4, -0.2) is 23.4 Å². The summed E-state index contributed by atoms with van der Waals surface area (Å²) >= 11 is 6.31. The number of halogens is 1. The highest BCUT2D eigenvalue weighted by Crippen LogP contribution is 2.38. The maximum absolute atomic E-state index is 10.8. The third-order valence-corrected chi connectivity index (χ3v) is 5.13. The molecule has 1 fully saturated rings. The van der Waals surface area contributed by atoms with E-state index in [2.05, 4.69) is 6.92 Å². The van der Waals surface area contributed by atoms with Crippen molar-refractivity contribution in [2.24, 2.45) is 5.92 Å². The summed E-state index contributed by atoms with van der Waals surface area (Å²) < 4.78 is 6.02. The second-order valence-electron chi connectivity index (χ2n) is 6.50. The predicted octanol–water partition coefficient (Wildman–Crippen LogP) is 4.54. The van der Waals surface area contributed by atoms with Gasteiger partial charge in [-0.05, 0) is 62.6 Å². The van der Waals surface area contributed by atoms with Gasteiger partial charge in [-0.2, -0.15) is 0 Å². The third-order valence-electron chi connectivity index (χ3n) is 4.78. The van der Waals surface area contributed by atoms with Gasteiger partial charge in [-0.15, -0.1) is 0 Å². The lowest BCUT2D eigenvalue weighted by molar-refractivity contribution is -0.143. The fourth-order valence-corrected chi connectivity index (χ4v) is 3.64. The van der Waals surface area contributed by atoms with Crippen LogP contribution in [0.1, 0.15) is 50.7 Å². The summed E-state index contributed by atoms with van der Waals surface area (Å²) in [6.45, 7) is 6.95. The minimum atomic E-state index is -0.495. The minimum absolute atomic E-state index is 0.393. The van der Waals surface area contributed by atoms with E-state index in [1.54, 1.807) is 0 Å². The molecular weight excluding hydrogens is 284 g/mol. The summed E-state index contributed by atoms with van der Waals surface area (Å²) in [5.74, 6) is 0.730. The van der Waals surface area contributed by atoms with E-state index in [0.717, 1.165) is 47.8 Å². The van der Waals surface area contributed by atoms with Gasteiger partial charge in [-0.3, -0.25) is 0 Å². The Bertz CT molecular complexity index is 464. The molecule has 1 aliphatic carbocycles. The average Bonchev–Trinajstić information content (AvgIpc) is 2.45. The number of aliphatic hydroxyl groups is 1.